The summed E-state index contributed by atoms with van der Waals surface area (Å²) < 4.78 is 38.2. The Morgan fingerprint density at radius 2 is 2.00 bits per heavy atom. The molecule has 0 saturated heterocycles. The Hall–Kier alpha value is -1.72. The molecule has 118 valence electrons. The average molecular weight is 302 g/mol. The standard InChI is InChI=1S/C15H21F3N2O/c1-4-5-6-10(2)20-14(21)12-9-11(15(16,17)18)7-8-13(12)19-3/h7-10,19H,4-6H2,1-3H3,(H,20,21). The van der Waals surface area contributed by atoms with Gasteiger partial charge in [0.15, 0.2) is 0 Å². The minimum absolute atomic E-state index is 0.00988. The van der Waals surface area contributed by atoms with Gasteiger partial charge in [0.2, 0.25) is 0 Å². The number of rotatable bonds is 6. The zero-order valence-electron chi connectivity index (χ0n) is 12.5. The van der Waals surface area contributed by atoms with Crippen molar-refractivity contribution in [1.29, 1.82) is 0 Å². The van der Waals surface area contributed by atoms with Crippen molar-refractivity contribution in [2.45, 2.75) is 45.3 Å². The van der Waals surface area contributed by atoms with Gasteiger partial charge in [0.1, 0.15) is 0 Å². The fourth-order valence-electron chi connectivity index (χ4n) is 2.01. The van der Waals surface area contributed by atoms with Gasteiger partial charge in [-0.1, -0.05) is 19.8 Å². The lowest BCUT2D eigenvalue weighted by Crippen LogP contribution is -2.33. The van der Waals surface area contributed by atoms with E-state index in [9.17, 15) is 18.0 Å². The molecule has 6 heteroatoms. The van der Waals surface area contributed by atoms with Crippen LogP contribution in [0.5, 0.6) is 0 Å². The summed E-state index contributed by atoms with van der Waals surface area (Å²) in [6.07, 6.45) is -1.69. The van der Waals surface area contributed by atoms with Crippen LogP contribution in [0, 0.1) is 0 Å². The molecular weight excluding hydrogens is 281 g/mol. The Bertz CT molecular complexity index is 486. The molecule has 0 fully saturated rings. The molecule has 21 heavy (non-hydrogen) atoms. The molecule has 1 aromatic rings. The van der Waals surface area contributed by atoms with Gasteiger partial charge in [-0.2, -0.15) is 13.2 Å². The smallest absolute Gasteiger partial charge is 0.387 e. The van der Waals surface area contributed by atoms with Crippen molar-refractivity contribution in [1.82, 2.24) is 5.32 Å². The molecule has 0 aliphatic heterocycles. The highest BCUT2D eigenvalue weighted by Gasteiger charge is 2.31. The zero-order chi connectivity index (χ0) is 16.0. The van der Waals surface area contributed by atoms with Crippen molar-refractivity contribution in [2.24, 2.45) is 0 Å². The van der Waals surface area contributed by atoms with Crippen LogP contribution in [0.25, 0.3) is 0 Å². The lowest BCUT2D eigenvalue weighted by Gasteiger charge is -2.17. The van der Waals surface area contributed by atoms with Crippen LogP contribution < -0.4 is 10.6 Å². The third-order valence-corrected chi connectivity index (χ3v) is 3.23. The highest BCUT2D eigenvalue weighted by molar-refractivity contribution is 6.00. The number of hydrogen-bond acceptors (Lipinski definition) is 2. The van der Waals surface area contributed by atoms with Crippen molar-refractivity contribution in [3.8, 4) is 0 Å². The molecule has 1 aromatic carbocycles. The Balaban J connectivity index is 2.96. The van der Waals surface area contributed by atoms with Gasteiger partial charge in [-0.25, -0.2) is 0 Å². The molecule has 0 saturated carbocycles. The number of amides is 1. The van der Waals surface area contributed by atoms with E-state index in [-0.39, 0.29) is 11.6 Å². The van der Waals surface area contributed by atoms with E-state index < -0.39 is 17.6 Å². The SMILES string of the molecule is CCCCC(C)NC(=O)c1cc(C(F)(F)F)ccc1NC. The maximum Gasteiger partial charge on any atom is 0.416 e. The Morgan fingerprint density at radius 3 is 2.52 bits per heavy atom. The normalized spacial score (nSPS) is 12.9. The monoisotopic (exact) mass is 302 g/mol. The van der Waals surface area contributed by atoms with Crippen LogP contribution in [0.15, 0.2) is 18.2 Å². The molecule has 3 nitrogen and oxygen atoms in total. The van der Waals surface area contributed by atoms with E-state index in [0.29, 0.717) is 5.69 Å². The number of carbonyl (C=O) groups excluding carboxylic acids is 1. The largest absolute Gasteiger partial charge is 0.416 e. The fraction of sp³-hybridized carbons (Fsp3) is 0.533. The minimum atomic E-state index is -4.46. The number of carbonyl (C=O) groups is 1. The average Bonchev–Trinajstić information content (AvgIpc) is 2.43. The molecule has 0 aromatic heterocycles. The second kappa shape index (κ2) is 7.33. The van der Waals surface area contributed by atoms with Crippen molar-refractivity contribution < 1.29 is 18.0 Å². The molecule has 0 spiro atoms. The minimum Gasteiger partial charge on any atom is -0.387 e. The van der Waals surface area contributed by atoms with Crippen molar-refractivity contribution in [2.75, 3.05) is 12.4 Å². The number of alkyl halides is 3. The van der Waals surface area contributed by atoms with Gasteiger partial charge in [0.25, 0.3) is 5.91 Å². The predicted octanol–water partition coefficient (Wildman–Crippen LogP) is 4.06. The van der Waals surface area contributed by atoms with E-state index in [1.165, 1.54) is 6.07 Å². The van der Waals surface area contributed by atoms with Gasteiger partial charge in [0.05, 0.1) is 11.1 Å². The molecule has 0 bridgehead atoms. The molecule has 1 amide bonds. The van der Waals surface area contributed by atoms with Crippen LogP contribution >= 0.6 is 0 Å². The van der Waals surface area contributed by atoms with Crippen molar-refractivity contribution in [3.05, 3.63) is 29.3 Å². The molecule has 1 atom stereocenters. The van der Waals surface area contributed by atoms with Gasteiger partial charge in [0, 0.05) is 18.8 Å². The quantitative estimate of drug-likeness (QED) is 0.832. The van der Waals surface area contributed by atoms with E-state index in [2.05, 4.69) is 10.6 Å². The van der Waals surface area contributed by atoms with Crippen LogP contribution in [-0.4, -0.2) is 19.0 Å². The van der Waals surface area contributed by atoms with E-state index >= 15 is 0 Å². The molecule has 1 unspecified atom stereocenters. The van der Waals surface area contributed by atoms with Crippen molar-refractivity contribution >= 4 is 11.6 Å². The zero-order valence-corrected chi connectivity index (χ0v) is 12.5. The number of benzene rings is 1. The van der Waals surface area contributed by atoms with Crippen molar-refractivity contribution in [3.63, 3.8) is 0 Å². The molecule has 0 aliphatic carbocycles. The van der Waals surface area contributed by atoms with Gasteiger partial charge in [-0.15, -0.1) is 0 Å². The van der Waals surface area contributed by atoms with E-state index in [1.54, 1.807) is 7.05 Å². The number of halogens is 3. The summed E-state index contributed by atoms with van der Waals surface area (Å²) in [4.78, 5) is 12.2. The summed E-state index contributed by atoms with van der Waals surface area (Å²) in [5, 5.41) is 5.48. The van der Waals surface area contributed by atoms with Gasteiger partial charge in [-0.3, -0.25) is 4.79 Å². The summed E-state index contributed by atoms with van der Waals surface area (Å²) in [6.45, 7) is 3.89. The predicted molar refractivity (Wildman–Crippen MR) is 77.4 cm³/mol. The maximum atomic E-state index is 12.7. The second-order valence-electron chi connectivity index (χ2n) is 5.02. The number of unbranched alkanes of at least 4 members (excludes halogenated alkanes) is 1. The number of hydrogen-bond donors (Lipinski definition) is 2. The third-order valence-electron chi connectivity index (χ3n) is 3.23. The molecule has 2 N–H and O–H groups in total. The van der Waals surface area contributed by atoms with Crippen LogP contribution in [0.3, 0.4) is 0 Å². The highest BCUT2D eigenvalue weighted by atomic mass is 19.4. The first-order valence-corrected chi connectivity index (χ1v) is 6.99. The van der Waals surface area contributed by atoms with Crippen LogP contribution in [0.2, 0.25) is 0 Å². The number of nitrogens with one attached hydrogen (secondary N) is 2. The fourth-order valence-corrected chi connectivity index (χ4v) is 2.01. The van der Waals surface area contributed by atoms with Gasteiger partial charge < -0.3 is 10.6 Å². The first kappa shape index (κ1) is 17.3. The lowest BCUT2D eigenvalue weighted by atomic mass is 10.1. The lowest BCUT2D eigenvalue weighted by molar-refractivity contribution is -0.137. The molecular formula is C15H21F3N2O. The van der Waals surface area contributed by atoms with E-state index in [4.69, 9.17) is 0 Å². The maximum absolute atomic E-state index is 12.7. The Labute approximate surface area is 122 Å². The molecule has 0 heterocycles. The highest BCUT2D eigenvalue weighted by Crippen LogP contribution is 2.31. The van der Waals surface area contributed by atoms with E-state index in [0.717, 1.165) is 31.4 Å². The summed E-state index contributed by atoms with van der Waals surface area (Å²) in [6, 6.07) is 3.04. The van der Waals surface area contributed by atoms with Crippen LogP contribution in [0.4, 0.5) is 18.9 Å². The van der Waals surface area contributed by atoms with Crippen LogP contribution in [-0.2, 0) is 6.18 Å². The summed E-state index contributed by atoms with van der Waals surface area (Å²) in [5.74, 6) is -0.492. The van der Waals surface area contributed by atoms with Crippen LogP contribution in [0.1, 0.15) is 49.0 Å². The second-order valence-corrected chi connectivity index (χ2v) is 5.02. The first-order chi connectivity index (χ1) is 9.79. The summed E-state index contributed by atoms with van der Waals surface area (Å²) in [5.41, 5.74) is -0.438. The molecule has 0 aliphatic rings. The summed E-state index contributed by atoms with van der Waals surface area (Å²) in [7, 11) is 1.57. The Kier molecular flexibility index (Phi) is 6.05. The molecule has 1 rings (SSSR count). The van der Waals surface area contributed by atoms with Gasteiger partial charge >= 0.3 is 6.18 Å². The topological polar surface area (TPSA) is 41.1 Å². The van der Waals surface area contributed by atoms with Gasteiger partial charge in [-0.05, 0) is 31.5 Å². The molecule has 0 radical (unpaired) electrons. The first-order valence-electron chi connectivity index (χ1n) is 6.99. The number of anilines is 1. The van der Waals surface area contributed by atoms with E-state index in [1.807, 2.05) is 13.8 Å². The summed E-state index contributed by atoms with van der Waals surface area (Å²) >= 11 is 0. The third kappa shape index (κ3) is 4.95. The Morgan fingerprint density at radius 1 is 1.33 bits per heavy atom.